The van der Waals surface area contributed by atoms with Crippen LogP contribution in [0.1, 0.15) is 5.69 Å². The number of hydrogen-bond acceptors (Lipinski definition) is 4. The molecule has 1 heterocycles. The number of hydrogen-bond donors (Lipinski definition) is 2. The summed E-state index contributed by atoms with van der Waals surface area (Å²) in [6.07, 6.45) is 1.52. The Bertz CT molecular complexity index is 552. The number of para-hydroxylation sites is 2. The summed E-state index contributed by atoms with van der Waals surface area (Å²) >= 11 is 0. The lowest BCUT2D eigenvalue weighted by atomic mass is 10.3. The highest BCUT2D eigenvalue weighted by Gasteiger charge is 2.05. The van der Waals surface area contributed by atoms with E-state index in [1.807, 2.05) is 18.2 Å². The molecule has 0 saturated heterocycles. The zero-order valence-electron chi connectivity index (χ0n) is 9.88. The first-order valence-electron chi connectivity index (χ1n) is 5.32. The third-order valence-corrected chi connectivity index (χ3v) is 2.31. The van der Waals surface area contributed by atoms with E-state index in [1.165, 1.54) is 6.20 Å². The van der Waals surface area contributed by atoms with Crippen LogP contribution in [0.2, 0.25) is 0 Å². The Balaban J connectivity index is 2.21. The van der Waals surface area contributed by atoms with Crippen LogP contribution >= 0.6 is 0 Å². The van der Waals surface area contributed by atoms with Crippen molar-refractivity contribution in [3.05, 3.63) is 48.3 Å². The van der Waals surface area contributed by atoms with Crippen molar-refractivity contribution < 1.29 is 9.47 Å². The molecule has 0 spiro atoms. The van der Waals surface area contributed by atoms with Gasteiger partial charge in [0.05, 0.1) is 13.3 Å². The number of aromatic nitrogens is 1. The Morgan fingerprint density at radius 1 is 1.17 bits per heavy atom. The molecule has 0 amide bonds. The predicted molar refractivity (Wildman–Crippen MR) is 68.3 cm³/mol. The number of rotatable bonds is 4. The fourth-order valence-electron chi connectivity index (χ4n) is 1.43. The summed E-state index contributed by atoms with van der Waals surface area (Å²) in [5.74, 6) is 1.74. The van der Waals surface area contributed by atoms with Crippen molar-refractivity contribution in [1.82, 2.24) is 4.98 Å². The van der Waals surface area contributed by atoms with Crippen molar-refractivity contribution in [3.8, 4) is 17.2 Å². The molecule has 1 aromatic carbocycles. The van der Waals surface area contributed by atoms with Crippen LogP contribution in [-0.2, 0) is 0 Å². The number of benzene rings is 1. The molecule has 0 atom stereocenters. The predicted octanol–water partition coefficient (Wildman–Crippen LogP) is 2.17. The molecule has 5 heteroatoms. The first-order valence-corrected chi connectivity index (χ1v) is 5.32. The van der Waals surface area contributed by atoms with Crippen molar-refractivity contribution >= 4 is 5.84 Å². The highest BCUT2D eigenvalue weighted by molar-refractivity contribution is 5.92. The monoisotopic (exact) mass is 243 g/mol. The van der Waals surface area contributed by atoms with Crippen LogP contribution in [0, 0.1) is 5.41 Å². The second-order valence-electron chi connectivity index (χ2n) is 3.55. The molecule has 0 saturated carbocycles. The topological polar surface area (TPSA) is 81.2 Å². The lowest BCUT2D eigenvalue weighted by molar-refractivity contribution is 0.378. The smallest absolute Gasteiger partial charge is 0.169 e. The van der Waals surface area contributed by atoms with E-state index in [1.54, 1.807) is 25.3 Å². The summed E-state index contributed by atoms with van der Waals surface area (Å²) in [5.41, 5.74) is 5.74. The maximum atomic E-state index is 7.25. The van der Waals surface area contributed by atoms with Crippen LogP contribution in [0.4, 0.5) is 0 Å². The Hall–Kier alpha value is -2.56. The van der Waals surface area contributed by atoms with Gasteiger partial charge in [-0.25, -0.2) is 4.98 Å². The van der Waals surface area contributed by atoms with E-state index in [2.05, 4.69) is 4.98 Å². The van der Waals surface area contributed by atoms with Gasteiger partial charge >= 0.3 is 0 Å². The summed E-state index contributed by atoms with van der Waals surface area (Å²) < 4.78 is 10.8. The lowest BCUT2D eigenvalue weighted by Gasteiger charge is -2.09. The van der Waals surface area contributed by atoms with Crippen LogP contribution in [0.15, 0.2) is 42.6 Å². The molecule has 2 rings (SSSR count). The third-order valence-electron chi connectivity index (χ3n) is 2.31. The standard InChI is InChI=1S/C13H13N3O2/c1-17-11-4-2-3-5-12(11)18-9-6-7-10(13(14)15)16-8-9/h2-8H,1H3,(H3,14,15). The van der Waals surface area contributed by atoms with E-state index in [4.69, 9.17) is 20.6 Å². The molecule has 18 heavy (non-hydrogen) atoms. The third kappa shape index (κ3) is 2.57. The zero-order valence-corrected chi connectivity index (χ0v) is 9.88. The van der Waals surface area contributed by atoms with Gasteiger partial charge in [0.2, 0.25) is 0 Å². The molecular weight excluding hydrogens is 230 g/mol. The van der Waals surface area contributed by atoms with Crippen LogP contribution in [0.25, 0.3) is 0 Å². The molecule has 0 bridgehead atoms. The van der Waals surface area contributed by atoms with Gasteiger partial charge in [-0.05, 0) is 24.3 Å². The molecule has 2 aromatic rings. The molecule has 0 aliphatic heterocycles. The molecule has 0 aliphatic rings. The Morgan fingerprint density at radius 3 is 2.44 bits per heavy atom. The van der Waals surface area contributed by atoms with Crippen LogP contribution in [0.5, 0.6) is 17.2 Å². The Kier molecular flexibility index (Phi) is 3.43. The number of amidine groups is 1. The molecule has 0 aliphatic carbocycles. The average Bonchev–Trinajstić information content (AvgIpc) is 2.40. The fourth-order valence-corrected chi connectivity index (χ4v) is 1.43. The number of nitrogens with one attached hydrogen (secondary N) is 1. The van der Waals surface area contributed by atoms with Crippen LogP contribution in [-0.4, -0.2) is 17.9 Å². The highest BCUT2D eigenvalue weighted by atomic mass is 16.5. The maximum absolute atomic E-state index is 7.25. The highest BCUT2D eigenvalue weighted by Crippen LogP contribution is 2.30. The number of pyridine rings is 1. The number of methoxy groups -OCH3 is 1. The number of nitrogen functional groups attached to an aromatic ring is 1. The Labute approximate surface area is 105 Å². The molecule has 0 unspecified atom stereocenters. The van der Waals surface area contributed by atoms with Gasteiger partial charge in [0.25, 0.3) is 0 Å². The molecule has 0 fully saturated rings. The second kappa shape index (κ2) is 5.18. The number of nitrogens with two attached hydrogens (primary N) is 1. The van der Waals surface area contributed by atoms with Gasteiger partial charge in [0, 0.05) is 0 Å². The largest absolute Gasteiger partial charge is 0.493 e. The van der Waals surface area contributed by atoms with Gasteiger partial charge in [-0.2, -0.15) is 0 Å². The summed E-state index contributed by atoms with van der Waals surface area (Å²) in [7, 11) is 1.58. The van der Waals surface area contributed by atoms with Gasteiger partial charge in [-0.1, -0.05) is 12.1 Å². The van der Waals surface area contributed by atoms with Crippen molar-refractivity contribution in [1.29, 1.82) is 5.41 Å². The van der Waals surface area contributed by atoms with Gasteiger partial charge in [0.1, 0.15) is 17.3 Å². The first kappa shape index (κ1) is 11.9. The SMILES string of the molecule is COc1ccccc1Oc1ccc(C(=N)N)nc1. The molecule has 3 N–H and O–H groups in total. The summed E-state index contributed by atoms with van der Waals surface area (Å²) in [4.78, 5) is 4.01. The minimum atomic E-state index is -0.0705. The zero-order chi connectivity index (χ0) is 13.0. The van der Waals surface area contributed by atoms with Gasteiger partial charge in [-0.15, -0.1) is 0 Å². The van der Waals surface area contributed by atoms with E-state index >= 15 is 0 Å². The minimum absolute atomic E-state index is 0.0705. The van der Waals surface area contributed by atoms with Crippen LogP contribution < -0.4 is 15.2 Å². The first-order chi connectivity index (χ1) is 8.70. The normalized spacial score (nSPS) is 9.83. The van der Waals surface area contributed by atoms with Gasteiger partial charge in [0.15, 0.2) is 11.5 Å². The van der Waals surface area contributed by atoms with E-state index in [-0.39, 0.29) is 5.84 Å². The quantitative estimate of drug-likeness (QED) is 0.637. The Morgan fingerprint density at radius 2 is 1.89 bits per heavy atom. The lowest BCUT2D eigenvalue weighted by Crippen LogP contribution is -2.12. The molecule has 5 nitrogen and oxygen atoms in total. The van der Waals surface area contributed by atoms with Crippen molar-refractivity contribution in [3.63, 3.8) is 0 Å². The van der Waals surface area contributed by atoms with Crippen molar-refractivity contribution in [2.75, 3.05) is 7.11 Å². The fraction of sp³-hybridized carbons (Fsp3) is 0.0769. The van der Waals surface area contributed by atoms with Crippen LogP contribution in [0.3, 0.4) is 0 Å². The summed E-state index contributed by atoms with van der Waals surface area (Å²) in [6, 6.07) is 10.7. The maximum Gasteiger partial charge on any atom is 0.169 e. The summed E-state index contributed by atoms with van der Waals surface area (Å²) in [6.45, 7) is 0. The van der Waals surface area contributed by atoms with E-state index in [0.717, 1.165) is 0 Å². The van der Waals surface area contributed by atoms with E-state index < -0.39 is 0 Å². The average molecular weight is 243 g/mol. The number of nitrogens with zero attached hydrogens (tertiary/aromatic N) is 1. The van der Waals surface area contributed by atoms with Crippen molar-refractivity contribution in [2.45, 2.75) is 0 Å². The van der Waals surface area contributed by atoms with Gasteiger partial charge < -0.3 is 15.2 Å². The molecule has 0 radical (unpaired) electrons. The molecule has 92 valence electrons. The number of ether oxygens (including phenoxy) is 2. The van der Waals surface area contributed by atoms with Crippen molar-refractivity contribution in [2.24, 2.45) is 5.73 Å². The minimum Gasteiger partial charge on any atom is -0.493 e. The summed E-state index contributed by atoms with van der Waals surface area (Å²) in [5, 5.41) is 7.25. The van der Waals surface area contributed by atoms with E-state index in [9.17, 15) is 0 Å². The second-order valence-corrected chi connectivity index (χ2v) is 3.55. The van der Waals surface area contributed by atoms with E-state index in [0.29, 0.717) is 22.9 Å². The van der Waals surface area contributed by atoms with Gasteiger partial charge in [-0.3, -0.25) is 5.41 Å². The molecule has 1 aromatic heterocycles. The molecular formula is C13H13N3O2.